The van der Waals surface area contributed by atoms with E-state index in [2.05, 4.69) is 100 Å². The number of hydrogen-bond donors (Lipinski definition) is 0. The smallest absolute Gasteiger partial charge is 0.330 e. The highest BCUT2D eigenvalue weighted by Crippen LogP contribution is 2.10. The Morgan fingerprint density at radius 2 is 0.735 bits per heavy atom. The second-order valence-electron chi connectivity index (χ2n) is 6.08. The zero-order chi connectivity index (χ0) is 25.8. The molecule has 0 aliphatic carbocycles. The Labute approximate surface area is 249 Å². The van der Waals surface area contributed by atoms with Crippen molar-refractivity contribution in [2.75, 3.05) is 79.1 Å². The van der Waals surface area contributed by atoms with E-state index in [1.807, 2.05) is 0 Å². The molecule has 0 aromatic heterocycles. The van der Waals surface area contributed by atoms with E-state index in [0.29, 0.717) is 39.5 Å². The van der Waals surface area contributed by atoms with Crippen molar-refractivity contribution >= 4 is 113 Å². The van der Waals surface area contributed by atoms with Gasteiger partial charge in [-0.15, -0.1) is 0 Å². The molecule has 10 nitrogen and oxygen atoms in total. The van der Waals surface area contributed by atoms with E-state index in [4.69, 9.17) is 28.4 Å². The Morgan fingerprint density at radius 3 is 0.971 bits per heavy atom. The largest absolute Gasteiger partial charge is 0.462 e. The van der Waals surface area contributed by atoms with Crippen LogP contribution in [0.25, 0.3) is 0 Å². The van der Waals surface area contributed by atoms with Gasteiger partial charge in [-0.05, 0) is 0 Å². The minimum absolute atomic E-state index is 0.156. The van der Waals surface area contributed by atoms with Gasteiger partial charge in [-0.25, -0.2) is 14.4 Å². The molecule has 0 N–H and O–H groups in total. The molecular weight excluding hydrogens is 854 g/mol. The van der Waals surface area contributed by atoms with Crippen LogP contribution in [0.3, 0.4) is 0 Å². The third-order valence-electron chi connectivity index (χ3n) is 3.61. The van der Waals surface area contributed by atoms with Gasteiger partial charge in [-0.3, -0.25) is 4.90 Å². The minimum atomic E-state index is -0.539. The highest BCUT2D eigenvalue weighted by Gasteiger charge is 2.13. The second-order valence-corrected chi connectivity index (χ2v) is 15.3. The van der Waals surface area contributed by atoms with Crippen LogP contribution in [-0.4, -0.2) is 113 Å². The van der Waals surface area contributed by atoms with Crippen molar-refractivity contribution < 1.29 is 42.8 Å². The van der Waals surface area contributed by atoms with Crippen LogP contribution in [0.2, 0.25) is 0 Å². The predicted octanol–water partition coefficient (Wildman–Crippen LogP) is 3.32. The van der Waals surface area contributed by atoms with Crippen molar-refractivity contribution in [2.45, 2.75) is 11.2 Å². The summed E-state index contributed by atoms with van der Waals surface area (Å²) in [5, 5.41) is 0. The average molecular weight is 881 g/mol. The van der Waals surface area contributed by atoms with Gasteiger partial charge in [0, 0.05) is 19.6 Å². The molecule has 0 aromatic carbocycles. The maximum absolute atomic E-state index is 11.3. The molecule has 0 fully saturated rings. The topological polar surface area (TPSA) is 110 Å². The van der Waals surface area contributed by atoms with Crippen molar-refractivity contribution in [3.8, 4) is 0 Å². The maximum atomic E-state index is 11.3. The van der Waals surface area contributed by atoms with Crippen molar-refractivity contribution in [3.63, 3.8) is 0 Å². The lowest BCUT2D eigenvalue weighted by Gasteiger charge is -2.22. The van der Waals surface area contributed by atoms with Gasteiger partial charge in [0.05, 0.1) is 39.6 Å². The van der Waals surface area contributed by atoms with Crippen LogP contribution in [0.5, 0.6) is 0 Å². The Hall–Kier alpha value is 1.13. The van der Waals surface area contributed by atoms with Crippen LogP contribution in [0.4, 0.5) is 0 Å². The summed E-state index contributed by atoms with van der Waals surface area (Å²) in [5.41, 5.74) is 0. The summed E-state index contributed by atoms with van der Waals surface area (Å²) in [6.45, 7) is 4.39. The van der Waals surface area contributed by atoms with Crippen molar-refractivity contribution in [1.29, 1.82) is 0 Å². The Morgan fingerprint density at radius 1 is 0.471 bits per heavy atom. The van der Waals surface area contributed by atoms with E-state index in [1.54, 1.807) is 0 Å². The molecule has 0 saturated heterocycles. The molecule has 0 saturated carbocycles. The molecule has 0 rings (SSSR count). The van der Waals surface area contributed by atoms with Gasteiger partial charge >= 0.3 is 17.9 Å². The average Bonchev–Trinajstić information content (AvgIpc) is 2.78. The van der Waals surface area contributed by atoms with Gasteiger partial charge < -0.3 is 28.4 Å². The maximum Gasteiger partial charge on any atom is 0.330 e. The number of alkyl halides is 6. The highest BCUT2D eigenvalue weighted by molar-refractivity contribution is 9.25. The number of carbonyl (C=O) groups is 3. The fourth-order valence-corrected chi connectivity index (χ4v) is 2.81. The number of carbonyl (C=O) groups excluding carboxylic acids is 3. The predicted molar refractivity (Wildman–Crippen MR) is 147 cm³/mol. The monoisotopic (exact) mass is 875 g/mol. The summed E-state index contributed by atoms with van der Waals surface area (Å²) in [7, 11) is 0. The Bertz CT molecular complexity index is 496. The summed E-state index contributed by atoms with van der Waals surface area (Å²) < 4.78 is 29.9. The standard InChI is InChI=1S/C18H27Br6NO9/c19-13(20)16(26)32-10-7-29-4-1-25(2-5-30-8-11-33-17(27)14(21)22)3-6-31-9-12-34-18(28)15(23)24/h13-15H,1-12H2. The summed E-state index contributed by atoms with van der Waals surface area (Å²) in [6, 6.07) is 0. The van der Waals surface area contributed by atoms with Crippen LogP contribution >= 0.6 is 95.6 Å². The van der Waals surface area contributed by atoms with E-state index in [1.165, 1.54) is 0 Å². The molecule has 0 aliphatic heterocycles. The molecule has 34 heavy (non-hydrogen) atoms. The van der Waals surface area contributed by atoms with Gasteiger partial charge in [-0.2, -0.15) is 0 Å². The lowest BCUT2D eigenvalue weighted by molar-refractivity contribution is -0.143. The van der Waals surface area contributed by atoms with Gasteiger partial charge in [0.25, 0.3) is 0 Å². The van der Waals surface area contributed by atoms with Crippen LogP contribution < -0.4 is 0 Å². The van der Waals surface area contributed by atoms with Gasteiger partial charge in [0.2, 0.25) is 0 Å². The third-order valence-corrected chi connectivity index (χ3v) is 5.85. The van der Waals surface area contributed by atoms with Gasteiger partial charge in [0.1, 0.15) is 19.8 Å². The molecule has 0 heterocycles. The zero-order valence-electron chi connectivity index (χ0n) is 18.1. The molecule has 0 spiro atoms. The molecular formula is C18H27Br6NO9. The third kappa shape index (κ3) is 21.2. The quantitative estimate of drug-likeness (QED) is 0.0738. The van der Waals surface area contributed by atoms with Crippen molar-refractivity contribution in [3.05, 3.63) is 0 Å². The molecule has 200 valence electrons. The number of esters is 3. The first-order valence-corrected chi connectivity index (χ1v) is 15.4. The first-order valence-electron chi connectivity index (χ1n) is 9.95. The number of nitrogens with zero attached hydrogens (tertiary/aromatic N) is 1. The van der Waals surface area contributed by atoms with E-state index >= 15 is 0 Å². The molecule has 16 heteroatoms. The zero-order valence-corrected chi connectivity index (χ0v) is 27.6. The van der Waals surface area contributed by atoms with E-state index in [-0.39, 0.29) is 39.6 Å². The fourth-order valence-electron chi connectivity index (χ4n) is 2.02. The van der Waals surface area contributed by atoms with Crippen LogP contribution in [-0.2, 0) is 42.8 Å². The summed E-state index contributed by atoms with van der Waals surface area (Å²) in [4.78, 5) is 36.1. The summed E-state index contributed by atoms with van der Waals surface area (Å²) >= 11 is 18.4. The molecule has 0 aliphatic rings. The first kappa shape index (κ1) is 35.1. The second kappa shape index (κ2) is 23.3. The van der Waals surface area contributed by atoms with Crippen LogP contribution in [0.15, 0.2) is 0 Å². The normalized spacial score (nSPS) is 11.5. The number of halogens is 6. The van der Waals surface area contributed by atoms with Gasteiger partial charge in [-0.1, -0.05) is 95.6 Å². The Balaban J connectivity index is 4.14. The van der Waals surface area contributed by atoms with Crippen LogP contribution in [0.1, 0.15) is 0 Å². The molecule has 0 unspecified atom stereocenters. The van der Waals surface area contributed by atoms with E-state index in [0.717, 1.165) is 0 Å². The Kier molecular flexibility index (Phi) is 24.0. The molecule has 0 bridgehead atoms. The number of hydrogen-bond acceptors (Lipinski definition) is 10. The van der Waals surface area contributed by atoms with E-state index in [9.17, 15) is 14.4 Å². The molecule has 0 aromatic rings. The van der Waals surface area contributed by atoms with Crippen molar-refractivity contribution in [1.82, 2.24) is 4.90 Å². The SMILES string of the molecule is O=C(OCCOCCN(CCOCCOC(=O)C(Br)Br)CCOCCOC(=O)C(Br)Br)C(Br)Br. The number of ether oxygens (including phenoxy) is 6. The van der Waals surface area contributed by atoms with E-state index < -0.39 is 29.1 Å². The highest BCUT2D eigenvalue weighted by atomic mass is 79.9. The van der Waals surface area contributed by atoms with Crippen LogP contribution in [0, 0.1) is 0 Å². The lowest BCUT2D eigenvalue weighted by atomic mass is 10.4. The summed E-state index contributed by atoms with van der Waals surface area (Å²) in [5.74, 6) is -1.25. The molecule has 0 amide bonds. The summed E-state index contributed by atoms with van der Waals surface area (Å²) in [6.07, 6.45) is 0. The molecule has 0 atom stereocenters. The lowest BCUT2D eigenvalue weighted by Crippen LogP contribution is -2.34. The molecule has 0 radical (unpaired) electrons. The fraction of sp³-hybridized carbons (Fsp3) is 0.833. The van der Waals surface area contributed by atoms with Crippen molar-refractivity contribution in [2.24, 2.45) is 0 Å². The number of rotatable bonds is 21. The minimum Gasteiger partial charge on any atom is -0.462 e. The first-order chi connectivity index (χ1) is 16.1. The van der Waals surface area contributed by atoms with Gasteiger partial charge in [0.15, 0.2) is 11.2 Å².